The zero-order valence-corrected chi connectivity index (χ0v) is 10.9. The summed E-state index contributed by atoms with van der Waals surface area (Å²) >= 11 is 0. The highest BCUT2D eigenvalue weighted by molar-refractivity contribution is 5.65. The molecular formula is C12H12FN7. The maximum atomic E-state index is 13.8. The van der Waals surface area contributed by atoms with E-state index < -0.39 is 0 Å². The van der Waals surface area contributed by atoms with Crippen molar-refractivity contribution in [3.63, 3.8) is 0 Å². The zero-order chi connectivity index (χ0) is 14.3. The van der Waals surface area contributed by atoms with Gasteiger partial charge in [-0.3, -0.25) is 4.68 Å². The van der Waals surface area contributed by atoms with E-state index >= 15 is 0 Å². The minimum absolute atomic E-state index is 0.362. The number of hydrogen-bond acceptors (Lipinski definition) is 5. The van der Waals surface area contributed by atoms with Crippen molar-refractivity contribution in [1.29, 1.82) is 0 Å². The molecule has 8 heteroatoms. The molecule has 1 aromatic carbocycles. The maximum Gasteiger partial charge on any atom is 0.187 e. The molecule has 0 fully saturated rings. The quantitative estimate of drug-likeness (QED) is 0.706. The van der Waals surface area contributed by atoms with Crippen molar-refractivity contribution in [1.82, 2.24) is 30.0 Å². The van der Waals surface area contributed by atoms with E-state index in [1.54, 1.807) is 37.1 Å². The molecule has 0 aliphatic rings. The van der Waals surface area contributed by atoms with Crippen LogP contribution < -0.4 is 5.73 Å². The summed E-state index contributed by atoms with van der Waals surface area (Å²) in [5.41, 5.74) is 7.76. The van der Waals surface area contributed by atoms with Crippen molar-refractivity contribution in [2.24, 2.45) is 7.05 Å². The van der Waals surface area contributed by atoms with Crippen LogP contribution in [0.1, 0.15) is 5.56 Å². The molecule has 0 saturated carbocycles. The first-order chi connectivity index (χ1) is 9.56. The smallest absolute Gasteiger partial charge is 0.187 e. The summed E-state index contributed by atoms with van der Waals surface area (Å²) in [6.07, 6.45) is 3.38. The SMILES string of the molecule is Cc1c(N)cc(-c2nnnn2-c2cnn(C)c2)cc1F. The normalized spacial score (nSPS) is 10.9. The van der Waals surface area contributed by atoms with Gasteiger partial charge in [-0.1, -0.05) is 0 Å². The van der Waals surface area contributed by atoms with Crippen LogP contribution in [0.2, 0.25) is 0 Å². The third kappa shape index (κ3) is 1.91. The van der Waals surface area contributed by atoms with Crippen molar-refractivity contribution in [3.05, 3.63) is 35.9 Å². The molecule has 0 aliphatic carbocycles. The van der Waals surface area contributed by atoms with Gasteiger partial charge in [-0.25, -0.2) is 4.39 Å². The summed E-state index contributed by atoms with van der Waals surface area (Å²) < 4.78 is 16.9. The van der Waals surface area contributed by atoms with E-state index in [9.17, 15) is 4.39 Å². The lowest BCUT2D eigenvalue weighted by atomic mass is 10.1. The van der Waals surface area contributed by atoms with Crippen LogP contribution in [-0.4, -0.2) is 30.0 Å². The molecule has 7 nitrogen and oxygen atoms in total. The number of benzene rings is 1. The molecule has 0 spiro atoms. The Labute approximate surface area is 113 Å². The van der Waals surface area contributed by atoms with Crippen molar-refractivity contribution < 1.29 is 4.39 Å². The lowest BCUT2D eigenvalue weighted by molar-refractivity contribution is 0.619. The summed E-state index contributed by atoms with van der Waals surface area (Å²) in [5, 5.41) is 15.5. The van der Waals surface area contributed by atoms with Crippen LogP contribution in [0.25, 0.3) is 17.1 Å². The van der Waals surface area contributed by atoms with E-state index in [2.05, 4.69) is 20.6 Å². The number of rotatable bonds is 2. The maximum absolute atomic E-state index is 13.8. The van der Waals surface area contributed by atoms with Crippen molar-refractivity contribution in [2.45, 2.75) is 6.92 Å². The van der Waals surface area contributed by atoms with E-state index in [1.807, 2.05) is 0 Å². The third-order valence-electron chi connectivity index (χ3n) is 3.05. The van der Waals surface area contributed by atoms with Gasteiger partial charge in [0.2, 0.25) is 0 Å². The zero-order valence-electron chi connectivity index (χ0n) is 10.9. The highest BCUT2D eigenvalue weighted by Crippen LogP contribution is 2.25. The second-order valence-electron chi connectivity index (χ2n) is 4.46. The summed E-state index contributed by atoms with van der Waals surface area (Å²) in [6, 6.07) is 3.02. The van der Waals surface area contributed by atoms with E-state index in [0.29, 0.717) is 28.3 Å². The Morgan fingerprint density at radius 1 is 1.30 bits per heavy atom. The molecule has 2 N–H and O–H groups in total. The predicted octanol–water partition coefficient (Wildman–Crippen LogP) is 1.09. The average molecular weight is 273 g/mol. The van der Waals surface area contributed by atoms with E-state index in [1.165, 1.54) is 10.7 Å². The van der Waals surface area contributed by atoms with Crippen LogP contribution in [0.3, 0.4) is 0 Å². The molecule has 0 saturated heterocycles. The Hall–Kier alpha value is -2.77. The van der Waals surface area contributed by atoms with Gasteiger partial charge in [0.15, 0.2) is 5.82 Å². The van der Waals surface area contributed by atoms with Gasteiger partial charge in [0.25, 0.3) is 0 Å². The Kier molecular flexibility index (Phi) is 2.70. The molecule has 0 aliphatic heterocycles. The molecule has 0 atom stereocenters. The molecule has 102 valence electrons. The van der Waals surface area contributed by atoms with E-state index in [-0.39, 0.29) is 5.82 Å². The minimum atomic E-state index is -0.388. The minimum Gasteiger partial charge on any atom is -0.398 e. The van der Waals surface area contributed by atoms with Crippen LogP contribution in [0, 0.1) is 12.7 Å². The van der Waals surface area contributed by atoms with Crippen LogP contribution in [0.5, 0.6) is 0 Å². The molecule has 3 aromatic rings. The second-order valence-corrected chi connectivity index (χ2v) is 4.46. The molecule has 0 unspecified atom stereocenters. The van der Waals surface area contributed by atoms with Crippen molar-refractivity contribution in [2.75, 3.05) is 5.73 Å². The Bertz CT molecular complexity index is 751. The molecular weight excluding hydrogens is 261 g/mol. The first kappa shape index (κ1) is 12.3. The molecule has 0 bridgehead atoms. The first-order valence-electron chi connectivity index (χ1n) is 5.89. The highest BCUT2D eigenvalue weighted by atomic mass is 19.1. The lowest BCUT2D eigenvalue weighted by Gasteiger charge is -2.06. The largest absolute Gasteiger partial charge is 0.398 e. The Balaban J connectivity index is 2.15. The second kappa shape index (κ2) is 4.41. The third-order valence-corrected chi connectivity index (χ3v) is 3.05. The van der Waals surface area contributed by atoms with Gasteiger partial charge < -0.3 is 5.73 Å². The van der Waals surface area contributed by atoms with Crippen molar-refractivity contribution >= 4 is 5.69 Å². The molecule has 20 heavy (non-hydrogen) atoms. The van der Waals surface area contributed by atoms with Gasteiger partial charge in [0.05, 0.1) is 12.4 Å². The summed E-state index contributed by atoms with van der Waals surface area (Å²) in [5.74, 6) is 0.0179. The van der Waals surface area contributed by atoms with Gasteiger partial charge in [-0.2, -0.15) is 9.78 Å². The molecule has 2 heterocycles. The lowest BCUT2D eigenvalue weighted by Crippen LogP contribution is -2.01. The number of tetrazole rings is 1. The molecule has 3 rings (SSSR count). The van der Waals surface area contributed by atoms with Gasteiger partial charge in [-0.15, -0.1) is 5.10 Å². The van der Waals surface area contributed by atoms with Crippen LogP contribution in [-0.2, 0) is 7.05 Å². The van der Waals surface area contributed by atoms with Crippen LogP contribution in [0.15, 0.2) is 24.5 Å². The Morgan fingerprint density at radius 2 is 2.10 bits per heavy atom. The van der Waals surface area contributed by atoms with Gasteiger partial charge in [-0.05, 0) is 29.5 Å². The molecule has 2 aromatic heterocycles. The van der Waals surface area contributed by atoms with Gasteiger partial charge in [0.1, 0.15) is 11.5 Å². The topological polar surface area (TPSA) is 87.4 Å². The standard InChI is InChI=1S/C12H12FN7/c1-7-10(13)3-8(4-11(7)14)12-16-17-18-20(12)9-5-15-19(2)6-9/h3-6H,14H2,1-2H3. The number of aryl methyl sites for hydroxylation is 1. The fourth-order valence-corrected chi connectivity index (χ4v) is 1.89. The van der Waals surface area contributed by atoms with Crippen LogP contribution in [0.4, 0.5) is 10.1 Å². The summed E-state index contributed by atoms with van der Waals surface area (Å²) in [6.45, 7) is 1.62. The summed E-state index contributed by atoms with van der Waals surface area (Å²) in [4.78, 5) is 0. The average Bonchev–Trinajstić information content (AvgIpc) is 3.03. The predicted molar refractivity (Wildman–Crippen MR) is 70.5 cm³/mol. The molecule has 0 radical (unpaired) electrons. The monoisotopic (exact) mass is 273 g/mol. The number of hydrogen-bond donors (Lipinski definition) is 1. The fourth-order valence-electron chi connectivity index (χ4n) is 1.89. The number of halogens is 1. The number of anilines is 1. The van der Waals surface area contributed by atoms with Gasteiger partial charge >= 0.3 is 0 Å². The van der Waals surface area contributed by atoms with Gasteiger partial charge in [0, 0.05) is 23.9 Å². The van der Waals surface area contributed by atoms with Crippen molar-refractivity contribution in [3.8, 4) is 17.1 Å². The number of nitrogen functional groups attached to an aromatic ring is 1. The number of nitrogens with zero attached hydrogens (tertiary/aromatic N) is 6. The van der Waals surface area contributed by atoms with Crippen LogP contribution >= 0.6 is 0 Å². The summed E-state index contributed by atoms with van der Waals surface area (Å²) in [7, 11) is 1.79. The fraction of sp³-hybridized carbons (Fsp3) is 0.167. The number of aromatic nitrogens is 6. The van der Waals surface area contributed by atoms with E-state index in [0.717, 1.165) is 0 Å². The first-order valence-corrected chi connectivity index (χ1v) is 5.89. The van der Waals surface area contributed by atoms with E-state index in [4.69, 9.17) is 5.73 Å². The number of nitrogens with two attached hydrogens (primary N) is 1. The Morgan fingerprint density at radius 3 is 2.75 bits per heavy atom. The highest BCUT2D eigenvalue weighted by Gasteiger charge is 2.14. The molecule has 0 amide bonds.